The molecule has 2 saturated carbocycles. The molecule has 21 heavy (non-hydrogen) atoms. The maximum absolute atomic E-state index is 13.4. The molecule has 0 amide bonds. The van der Waals surface area contributed by atoms with E-state index in [0.717, 1.165) is 12.6 Å². The van der Waals surface area contributed by atoms with Gasteiger partial charge in [0.15, 0.2) is 0 Å². The van der Waals surface area contributed by atoms with E-state index in [1.165, 1.54) is 62.7 Å². The third kappa shape index (κ3) is 4.37. The van der Waals surface area contributed by atoms with E-state index in [9.17, 15) is 8.78 Å². The van der Waals surface area contributed by atoms with Gasteiger partial charge in [0, 0.05) is 18.7 Å². The molecule has 0 bridgehead atoms. The van der Waals surface area contributed by atoms with Crippen molar-refractivity contribution in [3.8, 4) is 0 Å². The SMILES string of the molecule is Fc1cc(F)cc(/C=C(/CNC2CC2)C2CCCCC2)c1. The van der Waals surface area contributed by atoms with Gasteiger partial charge in [-0.15, -0.1) is 0 Å². The van der Waals surface area contributed by atoms with Crippen molar-refractivity contribution in [2.75, 3.05) is 6.54 Å². The number of hydrogen-bond donors (Lipinski definition) is 1. The van der Waals surface area contributed by atoms with Gasteiger partial charge in [0.1, 0.15) is 11.6 Å². The van der Waals surface area contributed by atoms with Gasteiger partial charge in [0.2, 0.25) is 0 Å². The second kappa shape index (κ2) is 6.69. The summed E-state index contributed by atoms with van der Waals surface area (Å²) in [6, 6.07) is 4.42. The number of halogens is 2. The fourth-order valence-corrected chi connectivity index (χ4v) is 3.21. The molecule has 0 spiro atoms. The van der Waals surface area contributed by atoms with Crippen molar-refractivity contribution in [3.05, 3.63) is 41.0 Å². The molecule has 0 radical (unpaired) electrons. The fraction of sp³-hybridized carbons (Fsp3) is 0.556. The van der Waals surface area contributed by atoms with Gasteiger partial charge in [-0.05, 0) is 49.3 Å². The Morgan fingerprint density at radius 3 is 2.29 bits per heavy atom. The van der Waals surface area contributed by atoms with Crippen LogP contribution in [0.15, 0.2) is 23.8 Å². The van der Waals surface area contributed by atoms with E-state index >= 15 is 0 Å². The van der Waals surface area contributed by atoms with Crippen molar-refractivity contribution in [1.82, 2.24) is 5.32 Å². The van der Waals surface area contributed by atoms with Crippen LogP contribution < -0.4 is 5.32 Å². The topological polar surface area (TPSA) is 12.0 Å². The number of hydrogen-bond acceptors (Lipinski definition) is 1. The summed E-state index contributed by atoms with van der Waals surface area (Å²) >= 11 is 0. The summed E-state index contributed by atoms with van der Waals surface area (Å²) in [4.78, 5) is 0. The Morgan fingerprint density at radius 2 is 1.67 bits per heavy atom. The van der Waals surface area contributed by atoms with E-state index in [4.69, 9.17) is 0 Å². The molecule has 2 aliphatic rings. The van der Waals surface area contributed by atoms with Crippen molar-refractivity contribution in [2.24, 2.45) is 5.92 Å². The van der Waals surface area contributed by atoms with Crippen LogP contribution in [0.1, 0.15) is 50.5 Å². The van der Waals surface area contributed by atoms with Crippen molar-refractivity contribution in [1.29, 1.82) is 0 Å². The van der Waals surface area contributed by atoms with E-state index < -0.39 is 11.6 Å². The summed E-state index contributed by atoms with van der Waals surface area (Å²) in [6.07, 6.45) is 10.8. The van der Waals surface area contributed by atoms with Gasteiger partial charge in [-0.1, -0.05) is 30.9 Å². The number of rotatable bonds is 5. The molecule has 0 saturated heterocycles. The van der Waals surface area contributed by atoms with Crippen LogP contribution in [0.25, 0.3) is 6.08 Å². The second-order valence-electron chi connectivity index (χ2n) is 6.41. The van der Waals surface area contributed by atoms with Crippen LogP contribution in [-0.4, -0.2) is 12.6 Å². The van der Waals surface area contributed by atoms with Gasteiger partial charge < -0.3 is 5.32 Å². The Balaban J connectivity index is 1.78. The molecule has 1 nitrogen and oxygen atoms in total. The Morgan fingerprint density at radius 1 is 1.00 bits per heavy atom. The van der Waals surface area contributed by atoms with Crippen LogP contribution in [0.3, 0.4) is 0 Å². The van der Waals surface area contributed by atoms with Crippen molar-refractivity contribution < 1.29 is 8.78 Å². The highest BCUT2D eigenvalue weighted by molar-refractivity contribution is 5.54. The first-order valence-corrected chi connectivity index (χ1v) is 8.10. The molecule has 114 valence electrons. The van der Waals surface area contributed by atoms with E-state index in [1.807, 2.05) is 6.08 Å². The lowest BCUT2D eigenvalue weighted by Gasteiger charge is -2.25. The molecule has 0 atom stereocenters. The monoisotopic (exact) mass is 291 g/mol. The highest BCUT2D eigenvalue weighted by atomic mass is 19.1. The predicted molar refractivity (Wildman–Crippen MR) is 81.9 cm³/mol. The minimum atomic E-state index is -0.501. The summed E-state index contributed by atoms with van der Waals surface area (Å²) in [7, 11) is 0. The molecule has 2 fully saturated rings. The molecule has 1 N–H and O–H groups in total. The minimum absolute atomic E-state index is 0.501. The first kappa shape index (κ1) is 14.7. The lowest BCUT2D eigenvalue weighted by atomic mass is 9.83. The average Bonchev–Trinajstić information content (AvgIpc) is 3.27. The molecular weight excluding hydrogens is 268 g/mol. The average molecular weight is 291 g/mol. The van der Waals surface area contributed by atoms with Crippen LogP contribution >= 0.6 is 0 Å². The quantitative estimate of drug-likeness (QED) is 0.830. The molecule has 0 unspecified atom stereocenters. The Bertz CT molecular complexity index is 494. The van der Waals surface area contributed by atoms with Gasteiger partial charge in [-0.25, -0.2) is 8.78 Å². The van der Waals surface area contributed by atoms with Gasteiger partial charge in [0.05, 0.1) is 0 Å². The molecule has 2 aliphatic carbocycles. The van der Waals surface area contributed by atoms with Crippen LogP contribution in [0.5, 0.6) is 0 Å². The molecule has 3 rings (SSSR count). The van der Waals surface area contributed by atoms with E-state index in [2.05, 4.69) is 5.32 Å². The minimum Gasteiger partial charge on any atom is -0.310 e. The number of benzene rings is 1. The van der Waals surface area contributed by atoms with Crippen molar-refractivity contribution >= 4 is 6.08 Å². The highest BCUT2D eigenvalue weighted by Crippen LogP contribution is 2.31. The maximum Gasteiger partial charge on any atom is 0.126 e. The predicted octanol–water partition coefficient (Wildman–Crippen LogP) is 4.68. The van der Waals surface area contributed by atoms with Crippen molar-refractivity contribution in [2.45, 2.75) is 51.0 Å². The summed E-state index contributed by atoms with van der Waals surface area (Å²) in [6.45, 7) is 0.855. The summed E-state index contributed by atoms with van der Waals surface area (Å²) in [5.74, 6) is -0.435. The molecular formula is C18H23F2N. The first-order chi connectivity index (χ1) is 10.2. The van der Waals surface area contributed by atoms with Crippen LogP contribution in [0.4, 0.5) is 8.78 Å². The van der Waals surface area contributed by atoms with E-state index in [0.29, 0.717) is 17.5 Å². The zero-order valence-electron chi connectivity index (χ0n) is 12.4. The maximum atomic E-state index is 13.4. The lowest BCUT2D eigenvalue weighted by Crippen LogP contribution is -2.24. The molecule has 0 aromatic heterocycles. The van der Waals surface area contributed by atoms with Gasteiger partial charge in [0.25, 0.3) is 0 Å². The molecule has 0 heterocycles. The van der Waals surface area contributed by atoms with Gasteiger partial charge in [-0.2, -0.15) is 0 Å². The van der Waals surface area contributed by atoms with Gasteiger partial charge >= 0.3 is 0 Å². The van der Waals surface area contributed by atoms with E-state index in [-0.39, 0.29) is 0 Å². The second-order valence-corrected chi connectivity index (χ2v) is 6.41. The molecule has 3 heteroatoms. The summed E-state index contributed by atoms with van der Waals surface area (Å²) in [5, 5.41) is 3.55. The van der Waals surface area contributed by atoms with E-state index in [1.54, 1.807) is 0 Å². The summed E-state index contributed by atoms with van der Waals surface area (Å²) in [5.41, 5.74) is 1.96. The largest absolute Gasteiger partial charge is 0.310 e. The fourth-order valence-electron chi connectivity index (χ4n) is 3.21. The Labute approximate surface area is 125 Å². The Hall–Kier alpha value is -1.22. The standard InChI is InChI=1S/C18H23F2N/c19-16-9-13(10-17(20)11-16)8-15(12-21-18-6-7-18)14-4-2-1-3-5-14/h8-11,14,18,21H,1-7,12H2/b15-8-. The van der Waals surface area contributed by atoms with Gasteiger partial charge in [-0.3, -0.25) is 0 Å². The van der Waals surface area contributed by atoms with Crippen LogP contribution in [0, 0.1) is 17.6 Å². The zero-order chi connectivity index (χ0) is 14.7. The molecule has 1 aromatic rings. The molecule has 0 aliphatic heterocycles. The van der Waals surface area contributed by atoms with Crippen LogP contribution in [-0.2, 0) is 0 Å². The normalized spacial score (nSPS) is 20.8. The summed E-state index contributed by atoms with van der Waals surface area (Å²) < 4.78 is 26.7. The molecule has 1 aromatic carbocycles. The lowest BCUT2D eigenvalue weighted by molar-refractivity contribution is 0.396. The third-order valence-corrected chi connectivity index (χ3v) is 4.54. The number of nitrogens with one attached hydrogen (secondary N) is 1. The highest BCUT2D eigenvalue weighted by Gasteiger charge is 2.23. The first-order valence-electron chi connectivity index (χ1n) is 8.10. The third-order valence-electron chi connectivity index (χ3n) is 4.54. The van der Waals surface area contributed by atoms with Crippen molar-refractivity contribution in [3.63, 3.8) is 0 Å². The Kier molecular flexibility index (Phi) is 4.69. The smallest absolute Gasteiger partial charge is 0.126 e. The van der Waals surface area contributed by atoms with Crippen LogP contribution in [0.2, 0.25) is 0 Å². The zero-order valence-corrected chi connectivity index (χ0v) is 12.4.